The van der Waals surface area contributed by atoms with Crippen molar-refractivity contribution in [1.29, 1.82) is 0 Å². The smallest absolute Gasteiger partial charge is 0.243 e. The summed E-state index contributed by atoms with van der Waals surface area (Å²) in [5.74, 6) is 0.384. The van der Waals surface area contributed by atoms with Crippen LogP contribution >= 0.6 is 0 Å². The predicted molar refractivity (Wildman–Crippen MR) is 180 cm³/mol. The summed E-state index contributed by atoms with van der Waals surface area (Å²) in [5.41, 5.74) is 2.68. The molecule has 0 aliphatic carbocycles. The van der Waals surface area contributed by atoms with Gasteiger partial charge in [-0.15, -0.1) is 0 Å². The van der Waals surface area contributed by atoms with Crippen molar-refractivity contribution in [2.24, 2.45) is 11.8 Å². The number of hydrogen-bond acceptors (Lipinski definition) is 5. The van der Waals surface area contributed by atoms with Crippen LogP contribution in [0.15, 0.2) is 95.9 Å². The van der Waals surface area contributed by atoms with E-state index in [1.165, 1.54) is 12.1 Å². The van der Waals surface area contributed by atoms with Crippen LogP contribution in [0.25, 0.3) is 11.1 Å². The number of rotatable bonds is 13. The lowest BCUT2D eigenvalue weighted by atomic mass is 9.88. The van der Waals surface area contributed by atoms with Crippen LogP contribution < -0.4 is 9.47 Å². The van der Waals surface area contributed by atoms with Crippen molar-refractivity contribution in [3.63, 3.8) is 0 Å². The summed E-state index contributed by atoms with van der Waals surface area (Å²) in [7, 11) is -2.19. The highest BCUT2D eigenvalue weighted by Gasteiger charge is 2.42. The van der Waals surface area contributed by atoms with Gasteiger partial charge < -0.3 is 14.2 Å². The summed E-state index contributed by atoms with van der Waals surface area (Å²) in [6.07, 6.45) is 1.29. The molecule has 1 heterocycles. The van der Waals surface area contributed by atoms with Crippen LogP contribution in [0.2, 0.25) is 0 Å². The Morgan fingerprint density at radius 1 is 0.894 bits per heavy atom. The fourth-order valence-corrected chi connectivity index (χ4v) is 7.79. The molecule has 0 bridgehead atoms. The molecule has 4 aromatic carbocycles. The Morgan fingerprint density at radius 2 is 1.53 bits per heavy atom. The van der Waals surface area contributed by atoms with Crippen molar-refractivity contribution in [3.8, 4) is 22.6 Å². The van der Waals surface area contributed by atoms with Gasteiger partial charge in [-0.3, -0.25) is 0 Å². The molecular weight excluding hydrogens is 620 g/mol. The molecule has 0 N–H and O–H groups in total. The Morgan fingerprint density at radius 3 is 2.15 bits per heavy atom. The fourth-order valence-electron chi connectivity index (χ4n) is 6.18. The molecule has 0 spiro atoms. The average molecular weight is 664 g/mol. The molecule has 0 saturated carbocycles. The van der Waals surface area contributed by atoms with E-state index in [9.17, 15) is 17.2 Å². The standard InChI is InChI=1S/C38H43F2NO5S/c1-26(2)23-41(47(42,43)34-17-15-32(44-5)16-18-34)24-37-30(22-38(3,4)46-37)20-27-8-13-33(14-9-27)45-25-28-6-10-29(11-7-28)35-19-12-31(39)21-36(35)40/h6-19,21,26,30,37H,20,22-25H2,1-5H3/t30-,37-/m1/s1. The molecule has 0 unspecified atom stereocenters. The Hall–Kier alpha value is -3.79. The molecule has 1 fully saturated rings. The van der Waals surface area contributed by atoms with Crippen LogP contribution in [0.5, 0.6) is 11.5 Å². The SMILES string of the molecule is COc1ccc(S(=O)(=O)N(CC(C)C)C[C@H]2OC(C)(C)C[C@H]2Cc2ccc(OCc3ccc(-c4ccc(F)cc4F)cc3)cc2)cc1. The monoisotopic (exact) mass is 663 g/mol. The summed E-state index contributed by atoms with van der Waals surface area (Å²) in [6, 6.07) is 25.4. The number of sulfonamides is 1. The van der Waals surface area contributed by atoms with E-state index in [0.29, 0.717) is 30.0 Å². The Balaban J connectivity index is 1.23. The Kier molecular flexibility index (Phi) is 10.7. The van der Waals surface area contributed by atoms with Crippen molar-refractivity contribution in [2.45, 2.75) is 63.7 Å². The van der Waals surface area contributed by atoms with E-state index < -0.39 is 21.7 Å². The zero-order chi connectivity index (χ0) is 33.8. The summed E-state index contributed by atoms with van der Waals surface area (Å²) < 4.78 is 74.3. The molecule has 5 rings (SSSR count). The molecule has 4 aromatic rings. The van der Waals surface area contributed by atoms with Crippen molar-refractivity contribution in [3.05, 3.63) is 114 Å². The molecule has 0 radical (unpaired) electrons. The second kappa shape index (κ2) is 14.5. The van der Waals surface area contributed by atoms with Crippen LogP contribution in [0, 0.1) is 23.5 Å². The van der Waals surface area contributed by atoms with Gasteiger partial charge in [0.15, 0.2) is 0 Å². The lowest BCUT2D eigenvalue weighted by Gasteiger charge is -2.29. The van der Waals surface area contributed by atoms with Crippen LogP contribution in [0.4, 0.5) is 8.78 Å². The molecule has 250 valence electrons. The topological polar surface area (TPSA) is 65.1 Å². The summed E-state index contributed by atoms with van der Waals surface area (Å²) in [4.78, 5) is 0.237. The minimum Gasteiger partial charge on any atom is -0.497 e. The van der Waals surface area contributed by atoms with E-state index in [1.54, 1.807) is 47.8 Å². The normalized spacial score (nSPS) is 17.7. The number of methoxy groups -OCH3 is 1. The van der Waals surface area contributed by atoms with Gasteiger partial charge in [0.1, 0.15) is 29.7 Å². The predicted octanol–water partition coefficient (Wildman–Crippen LogP) is 8.29. The minimum atomic E-state index is -3.75. The second-order valence-electron chi connectivity index (χ2n) is 13.2. The largest absolute Gasteiger partial charge is 0.497 e. The summed E-state index contributed by atoms with van der Waals surface area (Å²) >= 11 is 0. The zero-order valence-corrected chi connectivity index (χ0v) is 28.4. The van der Waals surface area contributed by atoms with Crippen molar-refractivity contribution in [1.82, 2.24) is 4.31 Å². The number of nitrogens with zero attached hydrogens (tertiary/aromatic N) is 1. The van der Waals surface area contributed by atoms with Crippen LogP contribution in [-0.4, -0.2) is 44.6 Å². The molecule has 0 amide bonds. The van der Waals surface area contributed by atoms with E-state index in [-0.39, 0.29) is 35.0 Å². The first-order chi connectivity index (χ1) is 22.3. The maximum Gasteiger partial charge on any atom is 0.243 e. The highest BCUT2D eigenvalue weighted by molar-refractivity contribution is 7.89. The first-order valence-electron chi connectivity index (χ1n) is 15.9. The van der Waals surface area contributed by atoms with Crippen molar-refractivity contribution < 1.29 is 31.4 Å². The zero-order valence-electron chi connectivity index (χ0n) is 27.6. The number of halogens is 2. The van der Waals surface area contributed by atoms with Crippen LogP contribution in [-0.2, 0) is 27.8 Å². The average Bonchev–Trinajstić information content (AvgIpc) is 3.32. The van der Waals surface area contributed by atoms with Gasteiger partial charge in [0.25, 0.3) is 0 Å². The molecule has 9 heteroatoms. The maximum atomic E-state index is 14.2. The van der Waals surface area contributed by atoms with Crippen LogP contribution in [0.1, 0.15) is 45.2 Å². The fraction of sp³-hybridized carbons (Fsp3) is 0.368. The van der Waals surface area contributed by atoms with Gasteiger partial charge >= 0.3 is 0 Å². The molecule has 1 saturated heterocycles. The van der Waals surface area contributed by atoms with Crippen LogP contribution in [0.3, 0.4) is 0 Å². The summed E-state index contributed by atoms with van der Waals surface area (Å²) in [6.45, 7) is 9.15. The highest BCUT2D eigenvalue weighted by Crippen LogP contribution is 2.38. The molecular formula is C38H43F2NO5S. The minimum absolute atomic E-state index is 0.127. The quantitative estimate of drug-likeness (QED) is 0.144. The number of hydrogen-bond donors (Lipinski definition) is 0. The molecule has 47 heavy (non-hydrogen) atoms. The van der Waals surface area contributed by atoms with Crippen molar-refractivity contribution in [2.75, 3.05) is 20.2 Å². The Bertz CT molecular complexity index is 1740. The van der Waals surface area contributed by atoms with Crippen molar-refractivity contribution >= 4 is 10.0 Å². The van der Waals surface area contributed by atoms with E-state index in [4.69, 9.17) is 14.2 Å². The van der Waals surface area contributed by atoms with Gasteiger partial charge in [0.2, 0.25) is 10.0 Å². The molecule has 6 nitrogen and oxygen atoms in total. The first-order valence-corrected chi connectivity index (χ1v) is 17.3. The number of benzene rings is 4. The van der Waals surface area contributed by atoms with E-state index in [0.717, 1.165) is 35.8 Å². The second-order valence-corrected chi connectivity index (χ2v) is 15.2. The number of ether oxygens (including phenoxy) is 3. The Labute approximate surface area is 277 Å². The van der Waals surface area contributed by atoms with Gasteiger partial charge in [-0.2, -0.15) is 4.31 Å². The van der Waals surface area contributed by atoms with E-state index in [1.807, 2.05) is 50.2 Å². The van der Waals surface area contributed by atoms with Gasteiger partial charge in [0.05, 0.1) is 23.7 Å². The van der Waals surface area contributed by atoms with Gasteiger partial charge in [-0.25, -0.2) is 17.2 Å². The van der Waals surface area contributed by atoms with E-state index in [2.05, 4.69) is 13.8 Å². The van der Waals surface area contributed by atoms with E-state index >= 15 is 0 Å². The molecule has 1 aliphatic rings. The lowest BCUT2D eigenvalue weighted by molar-refractivity contribution is -0.0277. The van der Waals surface area contributed by atoms with Gasteiger partial charge in [-0.1, -0.05) is 50.2 Å². The molecule has 1 aliphatic heterocycles. The third-order valence-corrected chi connectivity index (χ3v) is 10.3. The molecule has 0 aromatic heterocycles. The third kappa shape index (κ3) is 8.77. The third-order valence-electron chi connectivity index (χ3n) is 8.42. The molecule has 2 atom stereocenters. The van der Waals surface area contributed by atoms with Gasteiger partial charge in [0, 0.05) is 24.7 Å². The maximum absolute atomic E-state index is 14.2. The lowest BCUT2D eigenvalue weighted by Crippen LogP contribution is -2.42. The summed E-state index contributed by atoms with van der Waals surface area (Å²) in [5, 5.41) is 0. The first kappa shape index (κ1) is 34.5. The van der Waals surface area contributed by atoms with Gasteiger partial charge in [-0.05, 0) is 104 Å². The highest BCUT2D eigenvalue weighted by atomic mass is 32.2.